The van der Waals surface area contributed by atoms with Gasteiger partial charge in [0.2, 0.25) is 6.29 Å². The minimum atomic E-state index is -0.267. The fourth-order valence-corrected chi connectivity index (χ4v) is 2.57. The van der Waals surface area contributed by atoms with E-state index in [9.17, 15) is 4.79 Å². The maximum atomic E-state index is 12.1. The first kappa shape index (κ1) is 13.1. The van der Waals surface area contributed by atoms with Crippen molar-refractivity contribution in [2.75, 3.05) is 13.2 Å². The number of hydrogen-bond acceptors (Lipinski definition) is 5. The molecule has 0 spiro atoms. The lowest BCUT2D eigenvalue weighted by Gasteiger charge is -2.23. The van der Waals surface area contributed by atoms with Gasteiger partial charge >= 0.3 is 0 Å². The number of ether oxygens (including phenoxy) is 1. The molecule has 2 atom stereocenters. The van der Waals surface area contributed by atoms with Gasteiger partial charge in [0.1, 0.15) is 5.69 Å². The maximum Gasteiger partial charge on any atom is 0.269 e. The van der Waals surface area contributed by atoms with Crippen molar-refractivity contribution in [3.05, 3.63) is 18.0 Å². The summed E-state index contributed by atoms with van der Waals surface area (Å²) in [5, 5.41) is 11.0. The number of hydrogen-bond donors (Lipinski definition) is 1. The normalized spacial score (nSPS) is 24.8. The first-order valence-electron chi connectivity index (χ1n) is 6.93. The highest BCUT2D eigenvalue weighted by molar-refractivity contribution is 5.97. The van der Waals surface area contributed by atoms with Gasteiger partial charge in [-0.1, -0.05) is 5.16 Å². The Labute approximate surface area is 116 Å². The molecule has 0 radical (unpaired) electrons. The minimum Gasteiger partial charge on any atom is -0.363 e. The van der Waals surface area contributed by atoms with E-state index < -0.39 is 0 Å². The second-order valence-corrected chi connectivity index (χ2v) is 4.89. The first-order chi connectivity index (χ1) is 9.79. The van der Waals surface area contributed by atoms with Crippen LogP contribution >= 0.6 is 0 Å². The van der Waals surface area contributed by atoms with Crippen molar-refractivity contribution in [3.8, 4) is 0 Å². The molecule has 20 heavy (non-hydrogen) atoms. The number of carbonyl (C=O) groups is 1. The summed E-state index contributed by atoms with van der Waals surface area (Å²) in [7, 11) is 0. The molecule has 2 aliphatic rings. The highest BCUT2D eigenvalue weighted by Crippen LogP contribution is 2.28. The van der Waals surface area contributed by atoms with Crippen molar-refractivity contribution < 1.29 is 14.4 Å². The van der Waals surface area contributed by atoms with Crippen LogP contribution in [0.25, 0.3) is 0 Å². The third kappa shape index (κ3) is 2.40. The van der Waals surface area contributed by atoms with E-state index in [-0.39, 0.29) is 18.1 Å². The van der Waals surface area contributed by atoms with Gasteiger partial charge in [0.05, 0.1) is 24.8 Å². The molecule has 7 heteroatoms. The van der Waals surface area contributed by atoms with E-state index in [0.717, 1.165) is 18.6 Å². The maximum absolute atomic E-state index is 12.1. The number of aryl methyl sites for hydroxylation is 1. The molecule has 1 saturated heterocycles. The van der Waals surface area contributed by atoms with Gasteiger partial charge in [0.25, 0.3) is 5.91 Å². The van der Waals surface area contributed by atoms with E-state index in [2.05, 4.69) is 15.6 Å². The van der Waals surface area contributed by atoms with Gasteiger partial charge in [-0.15, -0.1) is 0 Å². The molecule has 0 saturated carbocycles. The number of oxime groups is 1. The predicted octanol–water partition coefficient (Wildman–Crippen LogP) is 0.772. The number of amides is 1. The quantitative estimate of drug-likeness (QED) is 0.882. The summed E-state index contributed by atoms with van der Waals surface area (Å²) in [5.74, 6) is 0.0207. The molecule has 0 aromatic carbocycles. The smallest absolute Gasteiger partial charge is 0.269 e. The van der Waals surface area contributed by atoms with E-state index in [1.165, 1.54) is 0 Å². The Morgan fingerprint density at radius 3 is 3.35 bits per heavy atom. The summed E-state index contributed by atoms with van der Waals surface area (Å²) in [4.78, 5) is 17.3. The van der Waals surface area contributed by atoms with Crippen molar-refractivity contribution in [1.29, 1.82) is 0 Å². The lowest BCUT2D eigenvalue weighted by atomic mass is 9.95. The summed E-state index contributed by atoms with van der Waals surface area (Å²) in [6.07, 6.45) is 3.35. The molecule has 1 N–H and O–H groups in total. The lowest BCUT2D eigenvalue weighted by molar-refractivity contribution is -0.162. The number of nitrogens with zero attached hydrogens (tertiary/aromatic N) is 3. The predicted molar refractivity (Wildman–Crippen MR) is 71.2 cm³/mol. The van der Waals surface area contributed by atoms with Crippen LogP contribution in [0.1, 0.15) is 30.3 Å². The Hall–Kier alpha value is -1.89. The molecule has 2 aliphatic heterocycles. The highest BCUT2D eigenvalue weighted by atomic mass is 16.8. The third-order valence-electron chi connectivity index (χ3n) is 3.65. The Balaban J connectivity index is 1.58. The van der Waals surface area contributed by atoms with Crippen molar-refractivity contribution in [3.63, 3.8) is 0 Å². The summed E-state index contributed by atoms with van der Waals surface area (Å²) >= 11 is 0. The van der Waals surface area contributed by atoms with Crippen molar-refractivity contribution in [2.24, 2.45) is 11.1 Å². The average molecular weight is 278 g/mol. The van der Waals surface area contributed by atoms with Crippen LogP contribution in [0.3, 0.4) is 0 Å². The molecular formula is C13H18N4O3. The van der Waals surface area contributed by atoms with Crippen LogP contribution < -0.4 is 5.32 Å². The molecule has 2 unspecified atom stereocenters. The van der Waals surface area contributed by atoms with E-state index in [0.29, 0.717) is 25.4 Å². The molecule has 1 aromatic heterocycles. The molecule has 0 bridgehead atoms. The highest BCUT2D eigenvalue weighted by Gasteiger charge is 2.37. The number of nitrogens with one attached hydrogen (secondary N) is 1. The Kier molecular flexibility index (Phi) is 3.68. The summed E-state index contributed by atoms with van der Waals surface area (Å²) < 4.78 is 7.15. The average Bonchev–Trinajstić information content (AvgIpc) is 3.11. The Bertz CT molecular complexity index is 525. The third-order valence-corrected chi connectivity index (χ3v) is 3.65. The molecule has 1 amide bonds. The number of fused-ring (bicyclic) bond motifs is 1. The van der Waals surface area contributed by atoms with Gasteiger partial charge in [-0.25, -0.2) is 0 Å². The fraction of sp³-hybridized carbons (Fsp3) is 0.615. The number of rotatable bonds is 4. The van der Waals surface area contributed by atoms with Crippen LogP contribution in [-0.2, 0) is 16.1 Å². The molecular weight excluding hydrogens is 260 g/mol. The molecule has 3 heterocycles. The Morgan fingerprint density at radius 2 is 2.50 bits per heavy atom. The minimum absolute atomic E-state index is 0.146. The fourth-order valence-electron chi connectivity index (χ4n) is 2.57. The molecule has 1 aromatic rings. The zero-order chi connectivity index (χ0) is 13.9. The SMILES string of the molecule is CCn1nccc1C(=O)NCC1=NOC2OCCCC12. The largest absolute Gasteiger partial charge is 0.363 e. The first-order valence-corrected chi connectivity index (χ1v) is 6.93. The van der Waals surface area contributed by atoms with Crippen LogP contribution in [0.2, 0.25) is 0 Å². The van der Waals surface area contributed by atoms with Crippen LogP contribution in [0, 0.1) is 5.92 Å². The van der Waals surface area contributed by atoms with Crippen molar-refractivity contribution in [2.45, 2.75) is 32.6 Å². The van der Waals surface area contributed by atoms with E-state index in [1.807, 2.05) is 6.92 Å². The van der Waals surface area contributed by atoms with Crippen LogP contribution in [0.15, 0.2) is 17.4 Å². The lowest BCUT2D eigenvalue weighted by Crippen LogP contribution is -2.37. The topological polar surface area (TPSA) is 77.7 Å². The number of aromatic nitrogens is 2. The standard InChI is InChI=1S/C13H18N4O3/c1-2-17-11(5-6-15-17)12(18)14-8-10-9-4-3-7-19-13(9)20-16-10/h5-6,9,13H,2-4,7-8H2,1H3,(H,14,18). The summed E-state index contributed by atoms with van der Waals surface area (Å²) in [6, 6.07) is 1.71. The van der Waals surface area contributed by atoms with Gasteiger partial charge in [-0.05, 0) is 25.8 Å². The van der Waals surface area contributed by atoms with E-state index in [4.69, 9.17) is 9.57 Å². The van der Waals surface area contributed by atoms with E-state index >= 15 is 0 Å². The van der Waals surface area contributed by atoms with Crippen LogP contribution in [0.5, 0.6) is 0 Å². The van der Waals surface area contributed by atoms with Gasteiger partial charge in [0, 0.05) is 12.7 Å². The zero-order valence-electron chi connectivity index (χ0n) is 11.4. The van der Waals surface area contributed by atoms with Gasteiger partial charge in [-0.2, -0.15) is 5.10 Å². The number of carbonyl (C=O) groups excluding carboxylic acids is 1. The molecule has 3 rings (SSSR count). The molecule has 0 aliphatic carbocycles. The van der Waals surface area contributed by atoms with Crippen LogP contribution in [-0.4, -0.2) is 40.8 Å². The molecule has 1 fully saturated rings. The molecule has 108 valence electrons. The zero-order valence-corrected chi connectivity index (χ0v) is 11.4. The second-order valence-electron chi connectivity index (χ2n) is 4.89. The van der Waals surface area contributed by atoms with Gasteiger partial charge < -0.3 is 14.9 Å². The van der Waals surface area contributed by atoms with Crippen molar-refractivity contribution >= 4 is 11.6 Å². The molecule has 7 nitrogen and oxygen atoms in total. The second kappa shape index (κ2) is 5.62. The monoisotopic (exact) mass is 278 g/mol. The van der Waals surface area contributed by atoms with Gasteiger partial charge in [0.15, 0.2) is 0 Å². The van der Waals surface area contributed by atoms with Crippen molar-refractivity contribution in [1.82, 2.24) is 15.1 Å². The summed E-state index contributed by atoms with van der Waals surface area (Å²) in [5.41, 5.74) is 1.41. The summed E-state index contributed by atoms with van der Waals surface area (Å²) in [6.45, 7) is 3.71. The van der Waals surface area contributed by atoms with E-state index in [1.54, 1.807) is 16.9 Å². The van der Waals surface area contributed by atoms with Crippen LogP contribution in [0.4, 0.5) is 0 Å². The Morgan fingerprint density at radius 1 is 1.60 bits per heavy atom. The van der Waals surface area contributed by atoms with Gasteiger partial charge in [-0.3, -0.25) is 9.48 Å².